The smallest absolute Gasteiger partial charge is 0.0951 e. The highest BCUT2D eigenvalue weighted by molar-refractivity contribution is 5.97. The van der Waals surface area contributed by atoms with Crippen molar-refractivity contribution >= 4 is 22.3 Å². The monoisotopic (exact) mass is 256 g/mol. The molecular formula is C15H20N4. The van der Waals surface area contributed by atoms with Crippen LogP contribution in [0.4, 0.5) is 11.4 Å². The van der Waals surface area contributed by atoms with E-state index in [1.54, 1.807) is 0 Å². The summed E-state index contributed by atoms with van der Waals surface area (Å²) in [7, 11) is 2.20. The molecular weight excluding hydrogens is 236 g/mol. The fraction of sp³-hybridized carbons (Fsp3) is 0.400. The lowest BCUT2D eigenvalue weighted by Crippen LogP contribution is -2.27. The molecule has 0 amide bonds. The summed E-state index contributed by atoms with van der Waals surface area (Å²) in [5.74, 6) is 0. The number of pyridine rings is 1. The van der Waals surface area contributed by atoms with Gasteiger partial charge < -0.3 is 16.0 Å². The van der Waals surface area contributed by atoms with Crippen LogP contribution >= 0.6 is 0 Å². The SMILES string of the molecule is CN(CCNc1ccnc2c(N)cccc12)C1CC1. The lowest BCUT2D eigenvalue weighted by atomic mass is 10.1. The number of anilines is 2. The van der Waals surface area contributed by atoms with Crippen LogP contribution in [-0.4, -0.2) is 36.1 Å². The summed E-state index contributed by atoms with van der Waals surface area (Å²) in [4.78, 5) is 6.77. The van der Waals surface area contributed by atoms with E-state index < -0.39 is 0 Å². The number of aromatic nitrogens is 1. The lowest BCUT2D eigenvalue weighted by Gasteiger charge is -2.17. The van der Waals surface area contributed by atoms with E-state index in [1.807, 2.05) is 24.4 Å². The standard InChI is InChI=1S/C15H20N4/c1-19(11-5-6-11)10-9-17-14-7-8-18-15-12(14)3-2-4-13(15)16/h2-4,7-8,11H,5-6,9-10,16H2,1H3,(H,17,18). The Hall–Kier alpha value is -1.81. The first-order chi connectivity index (χ1) is 9.25. The van der Waals surface area contributed by atoms with Crippen LogP contribution < -0.4 is 11.1 Å². The first kappa shape index (κ1) is 12.2. The molecule has 3 N–H and O–H groups in total. The van der Waals surface area contributed by atoms with Crippen LogP contribution in [0, 0.1) is 0 Å². The molecule has 1 aliphatic rings. The van der Waals surface area contributed by atoms with Crippen molar-refractivity contribution in [2.75, 3.05) is 31.2 Å². The topological polar surface area (TPSA) is 54.2 Å². The van der Waals surface area contributed by atoms with Gasteiger partial charge in [0.1, 0.15) is 0 Å². The largest absolute Gasteiger partial charge is 0.397 e. The summed E-state index contributed by atoms with van der Waals surface area (Å²) >= 11 is 0. The van der Waals surface area contributed by atoms with Crippen molar-refractivity contribution in [3.05, 3.63) is 30.5 Å². The molecule has 1 fully saturated rings. The van der Waals surface area contributed by atoms with Gasteiger partial charge in [0, 0.05) is 36.4 Å². The molecule has 0 atom stereocenters. The maximum absolute atomic E-state index is 5.95. The number of nitrogens with one attached hydrogen (secondary N) is 1. The van der Waals surface area contributed by atoms with E-state index in [0.717, 1.165) is 41.4 Å². The fourth-order valence-electron chi connectivity index (χ4n) is 2.42. The van der Waals surface area contributed by atoms with E-state index in [1.165, 1.54) is 12.8 Å². The highest BCUT2D eigenvalue weighted by Gasteiger charge is 2.25. The Labute approximate surface area is 113 Å². The van der Waals surface area contributed by atoms with Crippen molar-refractivity contribution in [3.8, 4) is 0 Å². The van der Waals surface area contributed by atoms with Crippen LogP contribution in [-0.2, 0) is 0 Å². The number of nitrogens with zero attached hydrogens (tertiary/aromatic N) is 2. The second-order valence-electron chi connectivity index (χ2n) is 5.24. The third-order valence-corrected chi connectivity index (χ3v) is 3.75. The van der Waals surface area contributed by atoms with Crippen molar-refractivity contribution in [1.29, 1.82) is 0 Å². The van der Waals surface area contributed by atoms with Crippen LogP contribution in [0.2, 0.25) is 0 Å². The Morgan fingerprint density at radius 2 is 2.21 bits per heavy atom. The Balaban J connectivity index is 1.71. The van der Waals surface area contributed by atoms with Gasteiger partial charge in [0.15, 0.2) is 0 Å². The molecule has 100 valence electrons. The quantitative estimate of drug-likeness (QED) is 0.806. The molecule has 0 radical (unpaired) electrons. The summed E-state index contributed by atoms with van der Waals surface area (Å²) in [5, 5.41) is 4.59. The first-order valence-corrected chi connectivity index (χ1v) is 6.83. The van der Waals surface area contributed by atoms with Gasteiger partial charge in [-0.1, -0.05) is 12.1 Å². The summed E-state index contributed by atoms with van der Waals surface area (Å²) < 4.78 is 0. The van der Waals surface area contributed by atoms with Crippen molar-refractivity contribution in [2.45, 2.75) is 18.9 Å². The predicted octanol–water partition coefficient (Wildman–Crippen LogP) is 2.32. The summed E-state index contributed by atoms with van der Waals surface area (Å²) in [6.07, 6.45) is 4.52. The van der Waals surface area contributed by atoms with Gasteiger partial charge in [0.05, 0.1) is 11.2 Å². The second-order valence-corrected chi connectivity index (χ2v) is 5.24. The number of likely N-dealkylation sites (N-methyl/N-ethyl adjacent to an activating group) is 1. The van der Waals surface area contributed by atoms with Crippen LogP contribution in [0.25, 0.3) is 10.9 Å². The maximum Gasteiger partial charge on any atom is 0.0951 e. The lowest BCUT2D eigenvalue weighted by molar-refractivity contribution is 0.337. The third kappa shape index (κ3) is 2.63. The average molecular weight is 256 g/mol. The van der Waals surface area contributed by atoms with Crippen LogP contribution in [0.15, 0.2) is 30.5 Å². The highest BCUT2D eigenvalue weighted by atomic mass is 15.2. The van der Waals surface area contributed by atoms with Crippen molar-refractivity contribution in [3.63, 3.8) is 0 Å². The number of para-hydroxylation sites is 1. The van der Waals surface area contributed by atoms with Crippen LogP contribution in [0.3, 0.4) is 0 Å². The van der Waals surface area contributed by atoms with Gasteiger partial charge in [0.25, 0.3) is 0 Å². The highest BCUT2D eigenvalue weighted by Crippen LogP contribution is 2.26. The normalized spacial score (nSPS) is 15.1. The zero-order chi connectivity index (χ0) is 13.2. The molecule has 0 aliphatic heterocycles. The molecule has 2 aromatic rings. The van der Waals surface area contributed by atoms with E-state index in [0.29, 0.717) is 0 Å². The molecule has 1 heterocycles. The summed E-state index contributed by atoms with van der Waals surface area (Å²) in [6, 6.07) is 8.75. The molecule has 0 bridgehead atoms. The number of nitrogens with two attached hydrogens (primary N) is 1. The Morgan fingerprint density at radius 3 is 3.00 bits per heavy atom. The minimum Gasteiger partial charge on any atom is -0.397 e. The minimum atomic E-state index is 0.733. The summed E-state index contributed by atoms with van der Waals surface area (Å²) in [6.45, 7) is 2.01. The zero-order valence-electron chi connectivity index (χ0n) is 11.3. The molecule has 0 unspecified atom stereocenters. The predicted molar refractivity (Wildman–Crippen MR) is 80.3 cm³/mol. The fourth-order valence-corrected chi connectivity index (χ4v) is 2.42. The van der Waals surface area contributed by atoms with Gasteiger partial charge in [-0.2, -0.15) is 0 Å². The van der Waals surface area contributed by atoms with Gasteiger partial charge in [0.2, 0.25) is 0 Å². The molecule has 3 rings (SSSR count). The molecule has 4 nitrogen and oxygen atoms in total. The molecule has 1 aliphatic carbocycles. The van der Waals surface area contributed by atoms with E-state index >= 15 is 0 Å². The van der Waals surface area contributed by atoms with Crippen molar-refractivity contribution in [1.82, 2.24) is 9.88 Å². The average Bonchev–Trinajstić information content (AvgIpc) is 3.24. The summed E-state index contributed by atoms with van der Waals surface area (Å²) in [5.41, 5.74) is 8.67. The van der Waals surface area contributed by atoms with E-state index in [2.05, 4.69) is 28.3 Å². The number of hydrogen-bond donors (Lipinski definition) is 2. The molecule has 19 heavy (non-hydrogen) atoms. The Morgan fingerprint density at radius 1 is 1.37 bits per heavy atom. The first-order valence-electron chi connectivity index (χ1n) is 6.83. The van der Waals surface area contributed by atoms with Crippen molar-refractivity contribution < 1.29 is 0 Å². The van der Waals surface area contributed by atoms with Gasteiger partial charge in [-0.15, -0.1) is 0 Å². The molecule has 1 aromatic heterocycles. The Bertz CT molecular complexity index is 577. The van der Waals surface area contributed by atoms with Gasteiger partial charge >= 0.3 is 0 Å². The third-order valence-electron chi connectivity index (χ3n) is 3.75. The van der Waals surface area contributed by atoms with Gasteiger partial charge in [-0.3, -0.25) is 4.98 Å². The number of hydrogen-bond acceptors (Lipinski definition) is 4. The zero-order valence-corrected chi connectivity index (χ0v) is 11.3. The molecule has 0 spiro atoms. The van der Waals surface area contributed by atoms with Crippen LogP contribution in [0.5, 0.6) is 0 Å². The Kier molecular flexibility index (Phi) is 3.25. The van der Waals surface area contributed by atoms with Gasteiger partial charge in [-0.25, -0.2) is 0 Å². The molecule has 0 saturated heterocycles. The van der Waals surface area contributed by atoms with E-state index in [4.69, 9.17) is 5.73 Å². The number of fused-ring (bicyclic) bond motifs is 1. The van der Waals surface area contributed by atoms with Gasteiger partial charge in [-0.05, 0) is 32.0 Å². The molecule has 1 saturated carbocycles. The van der Waals surface area contributed by atoms with E-state index in [9.17, 15) is 0 Å². The van der Waals surface area contributed by atoms with Crippen LogP contribution in [0.1, 0.15) is 12.8 Å². The number of benzene rings is 1. The van der Waals surface area contributed by atoms with E-state index in [-0.39, 0.29) is 0 Å². The molecule has 4 heteroatoms. The number of rotatable bonds is 5. The minimum absolute atomic E-state index is 0.733. The second kappa shape index (κ2) is 5.05. The van der Waals surface area contributed by atoms with Crippen molar-refractivity contribution in [2.24, 2.45) is 0 Å². The number of nitrogen functional groups attached to an aromatic ring is 1. The maximum atomic E-state index is 5.95. The molecule has 1 aromatic carbocycles.